The number of alkyl halides is 2. The number of hydrogen-bond acceptors (Lipinski definition) is 4. The number of nitrogens with one attached hydrogen (secondary N) is 1. The number of aromatic nitrogens is 2. The maximum atomic E-state index is 12.4. The van der Waals surface area contributed by atoms with E-state index >= 15 is 0 Å². The van der Waals surface area contributed by atoms with Crippen molar-refractivity contribution in [2.75, 3.05) is 13.1 Å². The quantitative estimate of drug-likeness (QED) is 0.681. The second-order valence-electron chi connectivity index (χ2n) is 7.31. The summed E-state index contributed by atoms with van der Waals surface area (Å²) in [5.74, 6) is 0.404. The minimum absolute atomic E-state index is 0.0179. The average molecular weight is 389 g/mol. The molecule has 5 atom stereocenters. The van der Waals surface area contributed by atoms with Gasteiger partial charge in [-0.05, 0) is 37.2 Å². The number of nitrogens with two attached hydrogens (primary N) is 1. The van der Waals surface area contributed by atoms with E-state index in [1.54, 1.807) is 12.4 Å². The molecular weight excluding hydrogens is 363 g/mol. The Balaban J connectivity index is 1.50. The van der Waals surface area contributed by atoms with Crippen LogP contribution in [0.25, 0.3) is 0 Å². The van der Waals surface area contributed by atoms with Gasteiger partial charge in [0.05, 0.1) is 29.5 Å². The molecule has 1 aromatic rings. The number of carbonyl (C=O) groups is 1. The van der Waals surface area contributed by atoms with Crippen LogP contribution in [0.2, 0.25) is 0 Å². The van der Waals surface area contributed by atoms with E-state index in [0.717, 1.165) is 18.4 Å². The minimum atomic E-state index is -0.492. The van der Waals surface area contributed by atoms with Gasteiger partial charge in [-0.15, -0.1) is 23.2 Å². The van der Waals surface area contributed by atoms with Crippen LogP contribution in [0.4, 0.5) is 0 Å². The Bertz CT molecular complexity index is 563. The third kappa shape index (κ3) is 4.48. The maximum Gasteiger partial charge on any atom is 0.227 e. The number of amides is 1. The SMILES string of the molecule is N[C@H](C1CCN(C(=O)Cc2cn[nH]c2)CC1)C1CC(Cl)C(Cl)CC1O. The van der Waals surface area contributed by atoms with E-state index in [0.29, 0.717) is 38.3 Å². The van der Waals surface area contributed by atoms with Crippen molar-refractivity contribution in [2.45, 2.75) is 55.0 Å². The molecule has 1 aliphatic heterocycles. The van der Waals surface area contributed by atoms with Gasteiger partial charge in [0.1, 0.15) is 0 Å². The van der Waals surface area contributed by atoms with E-state index < -0.39 is 6.10 Å². The lowest BCUT2D eigenvalue weighted by Gasteiger charge is -2.42. The number of halogens is 2. The average Bonchev–Trinajstić information content (AvgIpc) is 3.10. The van der Waals surface area contributed by atoms with Crippen molar-refractivity contribution in [1.29, 1.82) is 0 Å². The molecule has 0 bridgehead atoms. The number of likely N-dealkylation sites (tertiary alicyclic amines) is 1. The van der Waals surface area contributed by atoms with Crippen LogP contribution >= 0.6 is 23.2 Å². The molecule has 1 aromatic heterocycles. The predicted octanol–water partition coefficient (Wildman–Crippen LogP) is 1.50. The third-order valence-corrected chi connectivity index (χ3v) is 6.79. The molecule has 4 unspecified atom stereocenters. The Morgan fingerprint density at radius 2 is 2.04 bits per heavy atom. The number of aliphatic hydroxyl groups excluding tert-OH is 1. The van der Waals surface area contributed by atoms with Gasteiger partial charge >= 0.3 is 0 Å². The molecule has 25 heavy (non-hydrogen) atoms. The molecule has 140 valence electrons. The van der Waals surface area contributed by atoms with Crippen molar-refractivity contribution < 1.29 is 9.90 Å². The van der Waals surface area contributed by atoms with Crippen LogP contribution in [-0.4, -0.2) is 62.1 Å². The molecule has 2 aliphatic rings. The summed E-state index contributed by atoms with van der Waals surface area (Å²) in [4.78, 5) is 14.3. The standard InChI is InChI=1S/C17H26Cl2N4O2/c18-13-6-12(15(24)7-14(13)19)17(20)11-1-3-23(4-2-11)16(25)5-10-8-21-22-9-10/h8-9,11-15,17,24H,1-7,20H2,(H,21,22)/t12?,13?,14?,15?,17-/m1/s1. The first-order valence-electron chi connectivity index (χ1n) is 8.93. The zero-order valence-corrected chi connectivity index (χ0v) is 15.7. The Morgan fingerprint density at radius 1 is 1.36 bits per heavy atom. The van der Waals surface area contributed by atoms with Crippen LogP contribution in [-0.2, 0) is 11.2 Å². The van der Waals surface area contributed by atoms with Crippen LogP contribution in [0.15, 0.2) is 12.4 Å². The fourth-order valence-electron chi connectivity index (χ4n) is 4.08. The van der Waals surface area contributed by atoms with Crippen molar-refractivity contribution in [3.05, 3.63) is 18.0 Å². The molecule has 1 saturated carbocycles. The van der Waals surface area contributed by atoms with Gasteiger partial charge in [0, 0.05) is 31.2 Å². The van der Waals surface area contributed by atoms with E-state index in [4.69, 9.17) is 28.9 Å². The first kappa shape index (κ1) is 19.0. The lowest BCUT2D eigenvalue weighted by molar-refractivity contribution is -0.132. The topological polar surface area (TPSA) is 95.2 Å². The Morgan fingerprint density at radius 3 is 2.68 bits per heavy atom. The molecule has 0 spiro atoms. The largest absolute Gasteiger partial charge is 0.393 e. The second kappa shape index (κ2) is 8.25. The van der Waals surface area contributed by atoms with E-state index in [-0.39, 0.29) is 28.6 Å². The van der Waals surface area contributed by atoms with E-state index in [1.807, 2.05) is 4.90 Å². The molecule has 1 amide bonds. The van der Waals surface area contributed by atoms with E-state index in [2.05, 4.69) is 10.2 Å². The summed E-state index contributed by atoms with van der Waals surface area (Å²) in [6.07, 6.45) is 6.17. The van der Waals surface area contributed by atoms with Crippen LogP contribution in [0.1, 0.15) is 31.2 Å². The first-order chi connectivity index (χ1) is 12.0. The van der Waals surface area contributed by atoms with Gasteiger partial charge in [-0.2, -0.15) is 5.10 Å². The van der Waals surface area contributed by atoms with Gasteiger partial charge in [-0.1, -0.05) is 0 Å². The van der Waals surface area contributed by atoms with Crippen LogP contribution in [0, 0.1) is 11.8 Å². The van der Waals surface area contributed by atoms with Gasteiger partial charge < -0.3 is 15.7 Å². The summed E-state index contributed by atoms with van der Waals surface area (Å²) in [5.41, 5.74) is 7.38. The summed E-state index contributed by atoms with van der Waals surface area (Å²) in [6.45, 7) is 1.42. The zero-order chi connectivity index (χ0) is 18.0. The summed E-state index contributed by atoms with van der Waals surface area (Å²) in [5, 5.41) is 16.6. The fraction of sp³-hybridized carbons (Fsp3) is 0.765. The van der Waals surface area contributed by atoms with Crippen LogP contribution in [0.3, 0.4) is 0 Å². The summed E-state index contributed by atoms with van der Waals surface area (Å²) in [7, 11) is 0. The molecule has 1 saturated heterocycles. The molecule has 0 aromatic carbocycles. The summed E-state index contributed by atoms with van der Waals surface area (Å²) < 4.78 is 0. The Labute approximate surface area is 158 Å². The van der Waals surface area contributed by atoms with Crippen molar-refractivity contribution in [1.82, 2.24) is 15.1 Å². The third-order valence-electron chi connectivity index (χ3n) is 5.69. The number of carbonyl (C=O) groups excluding carboxylic acids is 1. The molecule has 0 radical (unpaired) electrons. The fourth-order valence-corrected chi connectivity index (χ4v) is 4.67. The highest BCUT2D eigenvalue weighted by molar-refractivity contribution is 6.30. The first-order valence-corrected chi connectivity index (χ1v) is 9.80. The van der Waals surface area contributed by atoms with Crippen molar-refractivity contribution in [3.63, 3.8) is 0 Å². The van der Waals surface area contributed by atoms with Crippen molar-refractivity contribution in [2.24, 2.45) is 17.6 Å². The van der Waals surface area contributed by atoms with Gasteiger partial charge in [0.25, 0.3) is 0 Å². The lowest BCUT2D eigenvalue weighted by Crippen LogP contribution is -2.52. The molecular formula is C17H26Cl2N4O2. The Kier molecular flexibility index (Phi) is 6.25. The molecule has 6 nitrogen and oxygen atoms in total. The molecule has 1 aliphatic carbocycles. The molecule has 3 rings (SSSR count). The number of hydrogen-bond donors (Lipinski definition) is 3. The highest BCUT2D eigenvalue weighted by Crippen LogP contribution is 2.36. The second-order valence-corrected chi connectivity index (χ2v) is 8.43. The van der Waals surface area contributed by atoms with Gasteiger partial charge in [0.2, 0.25) is 5.91 Å². The number of aromatic amines is 1. The lowest BCUT2D eigenvalue weighted by atomic mass is 9.74. The number of H-pyrrole nitrogens is 1. The summed E-state index contributed by atoms with van der Waals surface area (Å²) >= 11 is 12.4. The highest BCUT2D eigenvalue weighted by Gasteiger charge is 2.40. The van der Waals surface area contributed by atoms with Gasteiger partial charge in [0.15, 0.2) is 0 Å². The smallest absolute Gasteiger partial charge is 0.227 e. The molecule has 4 N–H and O–H groups in total. The number of nitrogens with zero attached hydrogens (tertiary/aromatic N) is 2. The zero-order valence-electron chi connectivity index (χ0n) is 14.2. The number of rotatable bonds is 4. The van der Waals surface area contributed by atoms with E-state index in [9.17, 15) is 9.90 Å². The van der Waals surface area contributed by atoms with E-state index in [1.165, 1.54) is 0 Å². The van der Waals surface area contributed by atoms with Gasteiger partial charge in [-0.25, -0.2) is 0 Å². The van der Waals surface area contributed by atoms with Crippen LogP contribution in [0.5, 0.6) is 0 Å². The summed E-state index contributed by atoms with van der Waals surface area (Å²) in [6, 6.07) is -0.105. The highest BCUT2D eigenvalue weighted by atomic mass is 35.5. The molecule has 2 fully saturated rings. The minimum Gasteiger partial charge on any atom is -0.393 e. The molecule has 8 heteroatoms. The Hall–Kier alpha value is -0.820. The monoisotopic (exact) mass is 388 g/mol. The molecule has 2 heterocycles. The van der Waals surface area contributed by atoms with Crippen LogP contribution < -0.4 is 5.73 Å². The maximum absolute atomic E-state index is 12.4. The number of piperidine rings is 1. The van der Waals surface area contributed by atoms with Crippen molar-refractivity contribution >= 4 is 29.1 Å². The predicted molar refractivity (Wildman–Crippen MR) is 97.6 cm³/mol. The van der Waals surface area contributed by atoms with Crippen molar-refractivity contribution in [3.8, 4) is 0 Å². The van der Waals surface area contributed by atoms with Gasteiger partial charge in [-0.3, -0.25) is 9.89 Å². The normalized spacial score (nSPS) is 32.6. The number of aliphatic hydroxyl groups is 1.